The van der Waals surface area contributed by atoms with Crippen LogP contribution in [0.15, 0.2) is 18.3 Å². The zero-order chi connectivity index (χ0) is 8.97. The van der Waals surface area contributed by atoms with Crippen LogP contribution in [0.1, 0.15) is 12.6 Å². The van der Waals surface area contributed by atoms with Gasteiger partial charge in [-0.05, 0) is 19.1 Å². The number of Topliss-reactive ketones (excluding diaryl/α,β-unsaturated/α-hetero) is 1. The highest BCUT2D eigenvalue weighted by atomic mass is 16.5. The van der Waals surface area contributed by atoms with Crippen molar-refractivity contribution in [3.8, 4) is 5.75 Å². The van der Waals surface area contributed by atoms with Gasteiger partial charge in [0, 0.05) is 12.1 Å². The maximum absolute atomic E-state index is 10.7. The van der Waals surface area contributed by atoms with Crippen molar-refractivity contribution in [3.05, 3.63) is 24.0 Å². The van der Waals surface area contributed by atoms with Gasteiger partial charge in [0.25, 0.3) is 0 Å². The summed E-state index contributed by atoms with van der Waals surface area (Å²) in [5.41, 5.74) is 0.781. The Morgan fingerprint density at radius 1 is 1.58 bits per heavy atom. The normalized spacial score (nSPS) is 9.50. The summed E-state index contributed by atoms with van der Waals surface area (Å²) >= 11 is 0. The van der Waals surface area contributed by atoms with Crippen LogP contribution in [-0.4, -0.2) is 17.9 Å². The molecule has 1 aromatic heterocycles. The molecule has 0 radical (unpaired) electrons. The number of nitrogens with zero attached hydrogens (tertiary/aromatic N) is 1. The number of hydrogen-bond acceptors (Lipinski definition) is 3. The Morgan fingerprint density at radius 2 is 2.33 bits per heavy atom. The highest BCUT2D eigenvalue weighted by molar-refractivity contribution is 5.77. The second-order valence-corrected chi connectivity index (χ2v) is 2.57. The first-order valence-electron chi connectivity index (χ1n) is 3.70. The van der Waals surface area contributed by atoms with Gasteiger partial charge in [0.05, 0.1) is 13.3 Å². The number of ether oxygens (including phenoxy) is 1. The molecule has 0 fully saturated rings. The predicted octanol–water partition coefficient (Wildman–Crippen LogP) is 1.22. The van der Waals surface area contributed by atoms with E-state index in [1.807, 2.05) is 0 Å². The molecule has 3 nitrogen and oxygen atoms in total. The molecule has 0 saturated carbocycles. The summed E-state index contributed by atoms with van der Waals surface area (Å²) in [6.07, 6.45) is 2.00. The number of hydrogen-bond donors (Lipinski definition) is 0. The Balaban J connectivity index is 2.71. The lowest BCUT2D eigenvalue weighted by molar-refractivity contribution is -0.116. The van der Waals surface area contributed by atoms with Crippen LogP contribution in [0.5, 0.6) is 5.75 Å². The summed E-state index contributed by atoms with van der Waals surface area (Å²) in [6.45, 7) is 1.55. The molecule has 0 amide bonds. The minimum absolute atomic E-state index is 0.118. The maximum atomic E-state index is 10.7. The highest BCUT2D eigenvalue weighted by Crippen LogP contribution is 2.08. The first-order valence-corrected chi connectivity index (χ1v) is 3.70. The van der Waals surface area contributed by atoms with Crippen molar-refractivity contribution in [3.63, 3.8) is 0 Å². The lowest BCUT2D eigenvalue weighted by Crippen LogP contribution is -1.98. The molecule has 3 heteroatoms. The SMILES string of the molecule is COc1ccc(CC(C)=O)nc1. The lowest BCUT2D eigenvalue weighted by Gasteiger charge is -1.99. The third kappa shape index (κ3) is 2.34. The zero-order valence-corrected chi connectivity index (χ0v) is 7.20. The molecular weight excluding hydrogens is 154 g/mol. The minimum Gasteiger partial charge on any atom is -0.495 e. The van der Waals surface area contributed by atoms with E-state index in [-0.39, 0.29) is 5.78 Å². The smallest absolute Gasteiger partial charge is 0.137 e. The van der Waals surface area contributed by atoms with Crippen molar-refractivity contribution in [1.82, 2.24) is 4.98 Å². The standard InChI is InChI=1S/C9H11NO2/c1-7(11)5-8-3-4-9(12-2)6-10-8/h3-4,6H,5H2,1-2H3. The molecule has 0 aliphatic rings. The molecule has 0 aromatic carbocycles. The number of carbonyl (C=O) groups is 1. The van der Waals surface area contributed by atoms with Crippen molar-refractivity contribution in [2.24, 2.45) is 0 Å². The van der Waals surface area contributed by atoms with E-state index < -0.39 is 0 Å². The average molecular weight is 165 g/mol. The van der Waals surface area contributed by atoms with Crippen molar-refractivity contribution in [2.75, 3.05) is 7.11 Å². The molecule has 0 saturated heterocycles. The molecule has 0 unspecified atom stereocenters. The number of rotatable bonds is 3. The summed E-state index contributed by atoms with van der Waals surface area (Å²) < 4.78 is 4.93. The number of carbonyl (C=O) groups excluding carboxylic acids is 1. The Bertz CT molecular complexity index is 266. The molecule has 1 rings (SSSR count). The second kappa shape index (κ2) is 3.85. The van der Waals surface area contributed by atoms with Gasteiger partial charge >= 0.3 is 0 Å². The molecule has 0 spiro atoms. The van der Waals surface area contributed by atoms with Crippen LogP contribution in [0.25, 0.3) is 0 Å². The fraction of sp³-hybridized carbons (Fsp3) is 0.333. The fourth-order valence-electron chi connectivity index (χ4n) is 0.891. The molecule has 1 heterocycles. The van der Waals surface area contributed by atoms with Gasteiger partial charge in [0.2, 0.25) is 0 Å². The van der Waals surface area contributed by atoms with Gasteiger partial charge in [-0.15, -0.1) is 0 Å². The Morgan fingerprint density at radius 3 is 2.75 bits per heavy atom. The highest BCUT2D eigenvalue weighted by Gasteiger charge is 1.98. The van der Waals surface area contributed by atoms with Gasteiger partial charge in [-0.1, -0.05) is 0 Å². The second-order valence-electron chi connectivity index (χ2n) is 2.57. The molecule has 0 bridgehead atoms. The Hall–Kier alpha value is -1.38. The topological polar surface area (TPSA) is 39.2 Å². The van der Waals surface area contributed by atoms with E-state index in [1.54, 1.807) is 32.4 Å². The van der Waals surface area contributed by atoms with E-state index in [0.717, 1.165) is 5.69 Å². The van der Waals surface area contributed by atoms with Crippen LogP contribution >= 0.6 is 0 Å². The van der Waals surface area contributed by atoms with E-state index in [0.29, 0.717) is 12.2 Å². The van der Waals surface area contributed by atoms with Crippen molar-refractivity contribution < 1.29 is 9.53 Å². The van der Waals surface area contributed by atoms with Crippen LogP contribution in [0.4, 0.5) is 0 Å². The van der Waals surface area contributed by atoms with Gasteiger partial charge in [0.1, 0.15) is 11.5 Å². The van der Waals surface area contributed by atoms with Crippen molar-refractivity contribution >= 4 is 5.78 Å². The summed E-state index contributed by atoms with van der Waals surface area (Å²) in [6, 6.07) is 3.59. The monoisotopic (exact) mass is 165 g/mol. The molecule has 0 aliphatic heterocycles. The minimum atomic E-state index is 0.118. The third-order valence-electron chi connectivity index (χ3n) is 1.46. The van der Waals surface area contributed by atoms with Gasteiger partial charge in [-0.25, -0.2) is 0 Å². The van der Waals surface area contributed by atoms with Crippen LogP contribution in [-0.2, 0) is 11.2 Å². The van der Waals surface area contributed by atoms with Crippen LogP contribution in [0.2, 0.25) is 0 Å². The largest absolute Gasteiger partial charge is 0.495 e. The van der Waals surface area contributed by atoms with Crippen molar-refractivity contribution in [1.29, 1.82) is 0 Å². The van der Waals surface area contributed by atoms with Gasteiger partial charge in [-0.3, -0.25) is 9.78 Å². The van der Waals surface area contributed by atoms with Crippen LogP contribution < -0.4 is 4.74 Å². The summed E-state index contributed by atoms with van der Waals surface area (Å²) in [4.78, 5) is 14.7. The number of methoxy groups -OCH3 is 1. The average Bonchev–Trinajstić information content (AvgIpc) is 2.05. The van der Waals surface area contributed by atoms with E-state index >= 15 is 0 Å². The van der Waals surface area contributed by atoms with E-state index in [2.05, 4.69) is 4.98 Å². The van der Waals surface area contributed by atoms with Gasteiger partial charge in [-0.2, -0.15) is 0 Å². The lowest BCUT2D eigenvalue weighted by atomic mass is 10.2. The summed E-state index contributed by atoms with van der Waals surface area (Å²) in [7, 11) is 1.58. The Kier molecular flexibility index (Phi) is 2.80. The number of aromatic nitrogens is 1. The Labute approximate surface area is 71.4 Å². The first kappa shape index (κ1) is 8.71. The predicted molar refractivity (Wildman–Crippen MR) is 45.2 cm³/mol. The molecule has 64 valence electrons. The van der Waals surface area contributed by atoms with Crippen LogP contribution in [0, 0.1) is 0 Å². The number of ketones is 1. The zero-order valence-electron chi connectivity index (χ0n) is 7.20. The molecular formula is C9H11NO2. The van der Waals surface area contributed by atoms with Gasteiger partial charge in [0.15, 0.2) is 0 Å². The summed E-state index contributed by atoms with van der Waals surface area (Å²) in [5.74, 6) is 0.829. The van der Waals surface area contributed by atoms with E-state index in [9.17, 15) is 4.79 Å². The third-order valence-corrected chi connectivity index (χ3v) is 1.46. The van der Waals surface area contributed by atoms with Gasteiger partial charge < -0.3 is 4.74 Å². The molecule has 12 heavy (non-hydrogen) atoms. The molecule has 1 aromatic rings. The maximum Gasteiger partial charge on any atom is 0.137 e. The van der Waals surface area contributed by atoms with Crippen molar-refractivity contribution in [2.45, 2.75) is 13.3 Å². The van der Waals surface area contributed by atoms with Crippen LogP contribution in [0.3, 0.4) is 0 Å². The summed E-state index contributed by atoms with van der Waals surface area (Å²) in [5, 5.41) is 0. The van der Waals surface area contributed by atoms with E-state index in [1.165, 1.54) is 0 Å². The molecule has 0 atom stereocenters. The molecule has 0 aliphatic carbocycles. The molecule has 0 N–H and O–H groups in total. The quantitative estimate of drug-likeness (QED) is 0.676. The van der Waals surface area contributed by atoms with E-state index in [4.69, 9.17) is 4.74 Å². The fourth-order valence-corrected chi connectivity index (χ4v) is 0.891. The first-order chi connectivity index (χ1) is 5.72. The number of pyridine rings is 1.